The molecule has 3 nitrogen and oxygen atoms in total. The van der Waals surface area contributed by atoms with Gasteiger partial charge >= 0.3 is 0 Å². The van der Waals surface area contributed by atoms with E-state index >= 15 is 0 Å². The summed E-state index contributed by atoms with van der Waals surface area (Å²) in [7, 11) is 0. The zero-order valence-corrected chi connectivity index (χ0v) is 15.1. The van der Waals surface area contributed by atoms with Crippen LogP contribution in [0.1, 0.15) is 20.8 Å². The number of fused-ring (bicyclic) bond motifs is 2. The highest BCUT2D eigenvalue weighted by Crippen LogP contribution is 2.28. The normalized spacial score (nSPS) is 11.1. The molecule has 1 N–H and O–H groups in total. The first kappa shape index (κ1) is 16.1. The molecule has 2 aromatic carbocycles. The minimum Gasteiger partial charge on any atom is -0.347 e. The number of rotatable bonds is 3. The first-order valence-corrected chi connectivity index (χ1v) is 9.12. The van der Waals surface area contributed by atoms with Gasteiger partial charge in [0.1, 0.15) is 4.83 Å². The smallest absolute Gasteiger partial charge is 0.261 e. The lowest BCUT2D eigenvalue weighted by molar-refractivity contribution is 0.0955. The first-order valence-electron chi connectivity index (χ1n) is 7.93. The molecule has 0 aliphatic carbocycles. The maximum absolute atomic E-state index is 12.5. The molecule has 0 unspecified atom stereocenters. The van der Waals surface area contributed by atoms with Crippen LogP contribution in [0.25, 0.3) is 21.1 Å². The Balaban J connectivity index is 1.61. The van der Waals surface area contributed by atoms with Crippen LogP contribution in [-0.2, 0) is 6.54 Å². The van der Waals surface area contributed by atoms with Crippen molar-refractivity contribution in [1.29, 1.82) is 0 Å². The summed E-state index contributed by atoms with van der Waals surface area (Å²) in [5, 5.41) is 5.66. The van der Waals surface area contributed by atoms with Gasteiger partial charge in [0.2, 0.25) is 0 Å². The number of nitrogens with zero attached hydrogens (tertiary/aromatic N) is 1. The lowest BCUT2D eigenvalue weighted by Crippen LogP contribution is -2.21. The Morgan fingerprint density at radius 2 is 1.96 bits per heavy atom. The number of hydrogen-bond acceptors (Lipinski definition) is 3. The molecular formula is C20H15ClN2OS. The lowest BCUT2D eigenvalue weighted by atomic mass is 10.1. The number of pyridine rings is 1. The molecule has 0 bridgehead atoms. The van der Waals surface area contributed by atoms with Gasteiger partial charge in [0, 0.05) is 22.3 Å². The zero-order chi connectivity index (χ0) is 17.4. The molecule has 124 valence electrons. The predicted octanol–water partition coefficient (Wildman–Crippen LogP) is 5.34. The molecule has 4 rings (SSSR count). The van der Waals surface area contributed by atoms with E-state index in [0.29, 0.717) is 16.4 Å². The number of aromatic nitrogens is 1. The third-order valence-corrected chi connectivity index (χ3v) is 5.49. The van der Waals surface area contributed by atoms with Gasteiger partial charge in [-0.05, 0) is 42.8 Å². The lowest BCUT2D eigenvalue weighted by Gasteiger charge is -2.05. The second-order valence-corrected chi connectivity index (χ2v) is 7.40. The summed E-state index contributed by atoms with van der Waals surface area (Å²) < 4.78 is 0. The Hall–Kier alpha value is -2.43. The van der Waals surface area contributed by atoms with Crippen LogP contribution in [0.5, 0.6) is 0 Å². The van der Waals surface area contributed by atoms with Crippen molar-refractivity contribution in [2.75, 3.05) is 0 Å². The Kier molecular flexibility index (Phi) is 4.15. The number of nitrogens with one attached hydrogen (secondary N) is 1. The summed E-state index contributed by atoms with van der Waals surface area (Å²) in [6, 6.07) is 17.7. The Bertz CT molecular complexity index is 1100. The number of aryl methyl sites for hydroxylation is 1. The third-order valence-electron chi connectivity index (χ3n) is 4.08. The molecule has 25 heavy (non-hydrogen) atoms. The minimum absolute atomic E-state index is 0.108. The van der Waals surface area contributed by atoms with Crippen LogP contribution in [0.2, 0.25) is 5.02 Å². The van der Waals surface area contributed by atoms with Crippen LogP contribution in [0.3, 0.4) is 0 Å². The van der Waals surface area contributed by atoms with Crippen LogP contribution < -0.4 is 5.32 Å². The van der Waals surface area contributed by atoms with Crippen molar-refractivity contribution >= 4 is 50.0 Å². The van der Waals surface area contributed by atoms with Crippen molar-refractivity contribution < 1.29 is 4.79 Å². The second kappa shape index (κ2) is 6.47. The summed E-state index contributed by atoms with van der Waals surface area (Å²) in [4.78, 5) is 18.7. The van der Waals surface area contributed by atoms with Gasteiger partial charge in [0.05, 0.1) is 10.4 Å². The van der Waals surface area contributed by atoms with Crippen molar-refractivity contribution in [2.45, 2.75) is 13.5 Å². The average molecular weight is 367 g/mol. The Morgan fingerprint density at radius 3 is 2.80 bits per heavy atom. The molecule has 0 saturated heterocycles. The number of hydrogen-bond donors (Lipinski definition) is 1. The van der Waals surface area contributed by atoms with E-state index < -0.39 is 0 Å². The van der Waals surface area contributed by atoms with Crippen molar-refractivity contribution in [3.63, 3.8) is 0 Å². The number of carbonyl (C=O) groups is 1. The SMILES string of the molecule is Cc1ccc2nc3sc(C(=O)NCc4ccccc4Cl)cc3cc2c1. The topological polar surface area (TPSA) is 42.0 Å². The van der Waals surface area contributed by atoms with Crippen LogP contribution in [0, 0.1) is 6.92 Å². The van der Waals surface area contributed by atoms with E-state index in [-0.39, 0.29) is 5.91 Å². The zero-order valence-electron chi connectivity index (χ0n) is 13.5. The van der Waals surface area contributed by atoms with E-state index in [0.717, 1.165) is 26.7 Å². The van der Waals surface area contributed by atoms with Crippen LogP contribution in [-0.4, -0.2) is 10.9 Å². The number of benzene rings is 2. The number of carbonyl (C=O) groups excluding carboxylic acids is 1. The molecule has 0 aliphatic rings. The van der Waals surface area contributed by atoms with E-state index in [9.17, 15) is 4.79 Å². The summed E-state index contributed by atoms with van der Waals surface area (Å²) in [5.74, 6) is -0.108. The molecule has 0 saturated carbocycles. The summed E-state index contributed by atoms with van der Waals surface area (Å²) >= 11 is 7.54. The van der Waals surface area contributed by atoms with Gasteiger partial charge in [-0.2, -0.15) is 0 Å². The molecule has 0 atom stereocenters. The number of thiophene rings is 1. The molecule has 0 aliphatic heterocycles. The Labute approximate surface area is 154 Å². The molecule has 0 spiro atoms. The van der Waals surface area contributed by atoms with Crippen molar-refractivity contribution in [2.24, 2.45) is 0 Å². The van der Waals surface area contributed by atoms with Gasteiger partial charge in [-0.1, -0.05) is 41.4 Å². The van der Waals surface area contributed by atoms with Gasteiger partial charge in [-0.3, -0.25) is 4.79 Å². The third kappa shape index (κ3) is 3.23. The molecule has 4 aromatic rings. The van der Waals surface area contributed by atoms with Crippen LogP contribution in [0.4, 0.5) is 0 Å². The number of amides is 1. The standard InChI is InChI=1S/C20H15ClN2OS/c1-12-6-7-17-14(8-12)9-15-10-18(25-20(15)23-17)19(24)22-11-13-4-2-3-5-16(13)21/h2-10H,11H2,1H3,(H,22,24). The maximum Gasteiger partial charge on any atom is 0.261 e. The van der Waals surface area contributed by atoms with E-state index in [2.05, 4.69) is 29.4 Å². The summed E-state index contributed by atoms with van der Waals surface area (Å²) in [5.41, 5.74) is 3.04. The van der Waals surface area contributed by atoms with Gasteiger partial charge in [0.15, 0.2) is 0 Å². The average Bonchev–Trinajstić information content (AvgIpc) is 3.01. The molecule has 0 radical (unpaired) electrons. The maximum atomic E-state index is 12.5. The summed E-state index contributed by atoms with van der Waals surface area (Å²) in [6.07, 6.45) is 0. The summed E-state index contributed by atoms with van der Waals surface area (Å²) in [6.45, 7) is 2.46. The van der Waals surface area contributed by atoms with E-state index in [1.807, 2.05) is 42.5 Å². The molecule has 2 heterocycles. The van der Waals surface area contributed by atoms with E-state index in [4.69, 9.17) is 11.6 Å². The molecule has 1 amide bonds. The van der Waals surface area contributed by atoms with Gasteiger partial charge in [0.25, 0.3) is 5.91 Å². The predicted molar refractivity (Wildman–Crippen MR) is 104 cm³/mol. The van der Waals surface area contributed by atoms with Gasteiger partial charge in [-0.25, -0.2) is 4.98 Å². The highest BCUT2D eigenvalue weighted by Gasteiger charge is 2.12. The molecule has 0 fully saturated rings. The van der Waals surface area contributed by atoms with Gasteiger partial charge in [-0.15, -0.1) is 11.3 Å². The van der Waals surface area contributed by atoms with Crippen molar-refractivity contribution in [3.05, 3.63) is 75.6 Å². The van der Waals surface area contributed by atoms with Crippen LogP contribution >= 0.6 is 22.9 Å². The minimum atomic E-state index is -0.108. The number of halogens is 1. The monoisotopic (exact) mass is 366 g/mol. The van der Waals surface area contributed by atoms with E-state index in [1.54, 1.807) is 0 Å². The largest absolute Gasteiger partial charge is 0.347 e. The highest BCUT2D eigenvalue weighted by atomic mass is 35.5. The van der Waals surface area contributed by atoms with Crippen molar-refractivity contribution in [1.82, 2.24) is 10.3 Å². The van der Waals surface area contributed by atoms with E-state index in [1.165, 1.54) is 16.9 Å². The second-order valence-electron chi connectivity index (χ2n) is 5.96. The van der Waals surface area contributed by atoms with Crippen LogP contribution in [0.15, 0.2) is 54.6 Å². The van der Waals surface area contributed by atoms with Crippen molar-refractivity contribution in [3.8, 4) is 0 Å². The fourth-order valence-corrected chi connectivity index (χ4v) is 3.91. The fourth-order valence-electron chi connectivity index (χ4n) is 2.77. The first-order chi connectivity index (χ1) is 12.1. The quantitative estimate of drug-likeness (QED) is 0.531. The fraction of sp³-hybridized carbons (Fsp3) is 0.100. The molecular weight excluding hydrogens is 352 g/mol. The molecule has 2 aromatic heterocycles. The Morgan fingerprint density at radius 1 is 1.12 bits per heavy atom. The highest BCUT2D eigenvalue weighted by molar-refractivity contribution is 7.20. The molecule has 5 heteroatoms. The van der Waals surface area contributed by atoms with Gasteiger partial charge < -0.3 is 5.32 Å².